The molecule has 3 aromatic carbocycles. The number of rotatable bonds is 8. The van der Waals surface area contributed by atoms with E-state index in [1.54, 1.807) is 75.6 Å². The summed E-state index contributed by atoms with van der Waals surface area (Å²) < 4.78 is 20.8. The highest BCUT2D eigenvalue weighted by Gasteiger charge is 2.22. The number of anilines is 2. The van der Waals surface area contributed by atoms with Gasteiger partial charge in [0.2, 0.25) is 5.91 Å². The molecular weight excluding hydrogens is 503 g/mol. The van der Waals surface area contributed by atoms with Gasteiger partial charge in [0, 0.05) is 40.7 Å². The van der Waals surface area contributed by atoms with E-state index >= 15 is 0 Å². The average Bonchev–Trinajstić information content (AvgIpc) is 3.40. The van der Waals surface area contributed by atoms with Crippen molar-refractivity contribution in [1.29, 1.82) is 0 Å². The molecule has 0 saturated carbocycles. The number of benzene rings is 3. The molecule has 0 aliphatic rings. The lowest BCUT2D eigenvalue weighted by Crippen LogP contribution is -2.24. The fourth-order valence-electron chi connectivity index (χ4n) is 3.91. The maximum absolute atomic E-state index is 14.8. The molecule has 0 saturated heterocycles. The number of carbonyl (C=O) groups is 3. The number of hydrogen-bond acceptors (Lipinski definition) is 5. The Kier molecular flexibility index (Phi) is 7.75. The normalized spacial score (nSPS) is 11.1. The molecule has 4 N–H and O–H groups in total. The number of ether oxygens (including phenoxy) is 1. The molecule has 4 aromatic rings. The van der Waals surface area contributed by atoms with Gasteiger partial charge in [0.05, 0.1) is 17.8 Å². The van der Waals surface area contributed by atoms with Crippen LogP contribution in [0, 0.1) is 5.82 Å². The van der Waals surface area contributed by atoms with Gasteiger partial charge < -0.3 is 20.1 Å². The third-order valence-corrected chi connectivity index (χ3v) is 5.49. The molecule has 0 atom stereocenters. The molecule has 39 heavy (non-hydrogen) atoms. The molecule has 1 heterocycles. The zero-order valence-corrected chi connectivity index (χ0v) is 21.5. The Morgan fingerprint density at radius 3 is 2.38 bits per heavy atom. The van der Waals surface area contributed by atoms with Crippen LogP contribution >= 0.6 is 0 Å². The van der Waals surface area contributed by atoms with Crippen LogP contribution in [-0.2, 0) is 4.79 Å². The number of carbonyl (C=O) groups excluding carboxylic acids is 2. The van der Waals surface area contributed by atoms with Gasteiger partial charge in [-0.05, 0) is 39.0 Å². The molecule has 0 spiro atoms. The fraction of sp³-hybridized carbons (Fsp3) is 0.172. The monoisotopic (exact) mass is 530 g/mol. The number of ketones is 1. The summed E-state index contributed by atoms with van der Waals surface area (Å²) in [5.74, 6) is -0.868. The number of halogens is 1. The van der Waals surface area contributed by atoms with E-state index in [2.05, 4.69) is 20.6 Å². The summed E-state index contributed by atoms with van der Waals surface area (Å²) in [5.41, 5.74) is 0.835. The number of Topliss-reactive ketones (excluding diaryl/α,β-unsaturated/α-hetero) is 1. The largest absolute Gasteiger partial charge is 0.487 e. The van der Waals surface area contributed by atoms with Gasteiger partial charge in [0.25, 0.3) is 0 Å². The van der Waals surface area contributed by atoms with Crippen molar-refractivity contribution < 1.29 is 28.6 Å². The molecule has 200 valence electrons. The zero-order chi connectivity index (χ0) is 28.2. The van der Waals surface area contributed by atoms with E-state index in [-0.39, 0.29) is 22.7 Å². The number of imidazole rings is 1. The minimum Gasteiger partial charge on any atom is -0.487 e. The van der Waals surface area contributed by atoms with Crippen LogP contribution < -0.4 is 15.4 Å². The first-order chi connectivity index (χ1) is 18.5. The van der Waals surface area contributed by atoms with Crippen LogP contribution in [0.1, 0.15) is 37.6 Å². The van der Waals surface area contributed by atoms with Crippen molar-refractivity contribution in [3.8, 4) is 28.3 Å². The first kappa shape index (κ1) is 27.1. The van der Waals surface area contributed by atoms with E-state index in [1.807, 2.05) is 0 Å². The number of nitrogens with zero attached hydrogens (tertiary/aromatic N) is 1. The Hall–Kier alpha value is -4.99. The Bertz CT molecular complexity index is 1530. The van der Waals surface area contributed by atoms with Crippen LogP contribution in [0.4, 0.5) is 20.6 Å². The van der Waals surface area contributed by atoms with Crippen LogP contribution in [-0.4, -0.2) is 38.5 Å². The molecule has 10 heteroatoms. The quantitative estimate of drug-likeness (QED) is 0.155. The van der Waals surface area contributed by atoms with Crippen molar-refractivity contribution in [2.24, 2.45) is 0 Å². The molecule has 0 aliphatic carbocycles. The van der Waals surface area contributed by atoms with Crippen molar-refractivity contribution in [1.82, 2.24) is 9.97 Å². The molecule has 9 nitrogen and oxygen atoms in total. The van der Waals surface area contributed by atoms with Crippen LogP contribution in [0.5, 0.6) is 5.75 Å². The van der Waals surface area contributed by atoms with Gasteiger partial charge in [-0.25, -0.2) is 14.2 Å². The number of hydrogen-bond donors (Lipinski definition) is 4. The molecule has 1 aromatic heterocycles. The SMILES string of the molecule is CC(C)(C)Oc1cc(NC(=O)O)c(NC(=O)CC(=O)c2cccc(-c3ncc[nH]3)c2)cc1-c1ccccc1F. The summed E-state index contributed by atoms with van der Waals surface area (Å²) >= 11 is 0. The van der Waals surface area contributed by atoms with E-state index in [9.17, 15) is 23.9 Å². The van der Waals surface area contributed by atoms with Crippen LogP contribution in [0.15, 0.2) is 73.1 Å². The summed E-state index contributed by atoms with van der Waals surface area (Å²) in [5, 5.41) is 14.2. The summed E-state index contributed by atoms with van der Waals surface area (Å²) in [6, 6.07) is 15.5. The lowest BCUT2D eigenvalue weighted by molar-refractivity contribution is -0.115. The minimum atomic E-state index is -1.38. The lowest BCUT2D eigenvalue weighted by atomic mass is 10.0. The van der Waals surface area contributed by atoms with Crippen LogP contribution in [0.25, 0.3) is 22.5 Å². The maximum Gasteiger partial charge on any atom is 0.409 e. The molecule has 0 unspecified atom stereocenters. The number of amides is 2. The van der Waals surface area contributed by atoms with E-state index in [1.165, 1.54) is 18.2 Å². The average molecular weight is 531 g/mol. The van der Waals surface area contributed by atoms with Gasteiger partial charge in [0.1, 0.15) is 23.0 Å². The summed E-state index contributed by atoms with van der Waals surface area (Å²) in [4.78, 5) is 44.5. The third-order valence-electron chi connectivity index (χ3n) is 5.49. The number of H-pyrrole nitrogens is 1. The van der Waals surface area contributed by atoms with Crippen molar-refractivity contribution in [2.75, 3.05) is 10.6 Å². The molecule has 2 amide bonds. The lowest BCUT2D eigenvalue weighted by Gasteiger charge is -2.25. The molecule has 0 bridgehead atoms. The molecule has 0 fully saturated rings. The highest BCUT2D eigenvalue weighted by Crippen LogP contribution is 2.40. The Labute approximate surface area is 224 Å². The van der Waals surface area contributed by atoms with E-state index in [4.69, 9.17) is 4.74 Å². The fourth-order valence-corrected chi connectivity index (χ4v) is 3.91. The minimum absolute atomic E-state index is 0.00227. The number of aromatic amines is 1. The third kappa shape index (κ3) is 6.86. The van der Waals surface area contributed by atoms with Gasteiger partial charge in [-0.2, -0.15) is 0 Å². The predicted octanol–water partition coefficient (Wildman–Crippen LogP) is 6.36. The van der Waals surface area contributed by atoms with Crippen molar-refractivity contribution in [3.63, 3.8) is 0 Å². The molecule has 4 rings (SSSR count). The highest BCUT2D eigenvalue weighted by atomic mass is 19.1. The van der Waals surface area contributed by atoms with E-state index in [0.29, 0.717) is 22.5 Å². The van der Waals surface area contributed by atoms with Crippen molar-refractivity contribution >= 4 is 29.2 Å². The van der Waals surface area contributed by atoms with Crippen LogP contribution in [0.2, 0.25) is 0 Å². The van der Waals surface area contributed by atoms with Gasteiger partial charge >= 0.3 is 6.09 Å². The summed E-state index contributed by atoms with van der Waals surface area (Å²) in [6.07, 6.45) is 1.36. The standard InChI is InChI=1S/C29H27FN4O5/c1-29(2,3)39-25-15-23(34-28(37)38)22(14-20(25)19-9-4-5-10-21(19)30)33-26(36)16-24(35)17-7-6-8-18(13-17)27-31-11-12-32-27/h4-15,34H,16H2,1-3H3,(H,31,32)(H,33,36)(H,37,38). The van der Waals surface area contributed by atoms with Gasteiger partial charge in [-0.3, -0.25) is 14.9 Å². The number of carboxylic acid groups (broad SMARTS) is 1. The second-order valence-electron chi connectivity index (χ2n) is 9.69. The molecule has 0 aliphatic heterocycles. The van der Waals surface area contributed by atoms with Crippen molar-refractivity contribution in [3.05, 3.63) is 84.4 Å². The second-order valence-corrected chi connectivity index (χ2v) is 9.69. The Morgan fingerprint density at radius 1 is 0.974 bits per heavy atom. The summed E-state index contributed by atoms with van der Waals surface area (Å²) in [7, 11) is 0. The maximum atomic E-state index is 14.8. The molecular formula is C29H27FN4O5. The van der Waals surface area contributed by atoms with Gasteiger partial charge in [-0.1, -0.05) is 36.4 Å². The smallest absolute Gasteiger partial charge is 0.409 e. The Balaban J connectivity index is 1.66. The summed E-state index contributed by atoms with van der Waals surface area (Å²) in [6.45, 7) is 5.39. The predicted molar refractivity (Wildman–Crippen MR) is 145 cm³/mol. The Morgan fingerprint density at radius 2 is 1.72 bits per heavy atom. The number of nitrogens with one attached hydrogen (secondary N) is 3. The highest BCUT2D eigenvalue weighted by molar-refractivity contribution is 6.12. The first-order valence-corrected chi connectivity index (χ1v) is 12.0. The van der Waals surface area contributed by atoms with Crippen molar-refractivity contribution in [2.45, 2.75) is 32.8 Å². The zero-order valence-electron chi connectivity index (χ0n) is 21.5. The van der Waals surface area contributed by atoms with Gasteiger partial charge in [0.15, 0.2) is 5.78 Å². The van der Waals surface area contributed by atoms with Gasteiger partial charge in [-0.15, -0.1) is 0 Å². The van der Waals surface area contributed by atoms with E-state index in [0.717, 1.165) is 0 Å². The van der Waals surface area contributed by atoms with E-state index < -0.39 is 35.6 Å². The number of aromatic nitrogens is 2. The van der Waals surface area contributed by atoms with Crippen LogP contribution in [0.3, 0.4) is 0 Å². The second kappa shape index (κ2) is 11.2. The first-order valence-electron chi connectivity index (χ1n) is 12.0. The molecule has 0 radical (unpaired) electrons. The topological polar surface area (TPSA) is 133 Å².